The second-order valence-corrected chi connectivity index (χ2v) is 6.82. The average molecular weight is 394 g/mol. The van der Waals surface area contributed by atoms with E-state index in [4.69, 9.17) is 14.2 Å². The van der Waals surface area contributed by atoms with Gasteiger partial charge in [-0.2, -0.15) is 0 Å². The summed E-state index contributed by atoms with van der Waals surface area (Å²) in [6, 6.07) is 15.3. The molecule has 7 heteroatoms. The van der Waals surface area contributed by atoms with Crippen LogP contribution in [0.15, 0.2) is 54.7 Å². The Kier molecular flexibility index (Phi) is 5.65. The molecule has 1 aliphatic rings. The van der Waals surface area contributed by atoms with Gasteiger partial charge in [-0.25, -0.2) is 0 Å². The first-order valence-electron chi connectivity index (χ1n) is 9.55. The third-order valence-corrected chi connectivity index (χ3v) is 4.73. The minimum Gasteiger partial charge on any atom is -0.486 e. The van der Waals surface area contributed by atoms with E-state index >= 15 is 0 Å². The molecule has 0 bridgehead atoms. The van der Waals surface area contributed by atoms with Crippen molar-refractivity contribution in [3.05, 3.63) is 60.3 Å². The molecule has 0 unspecified atom stereocenters. The number of hydrogen-bond acceptors (Lipinski definition) is 5. The molecule has 1 aliphatic heterocycles. The number of H-pyrrole nitrogens is 1. The van der Waals surface area contributed by atoms with Gasteiger partial charge in [-0.1, -0.05) is 30.3 Å². The van der Waals surface area contributed by atoms with Gasteiger partial charge in [0.15, 0.2) is 18.1 Å². The van der Waals surface area contributed by atoms with E-state index in [0.29, 0.717) is 24.5 Å². The van der Waals surface area contributed by atoms with Gasteiger partial charge in [0.05, 0.1) is 6.54 Å². The van der Waals surface area contributed by atoms with Crippen LogP contribution in [0.3, 0.4) is 0 Å². The summed E-state index contributed by atoms with van der Waals surface area (Å²) >= 11 is 0. The fourth-order valence-corrected chi connectivity index (χ4v) is 3.24. The lowest BCUT2D eigenvalue weighted by Gasteiger charge is -2.26. The van der Waals surface area contributed by atoms with Gasteiger partial charge in [0.1, 0.15) is 12.7 Å². The van der Waals surface area contributed by atoms with Gasteiger partial charge in [-0.3, -0.25) is 9.59 Å². The molecule has 4 rings (SSSR count). The Labute approximate surface area is 168 Å². The van der Waals surface area contributed by atoms with Crippen molar-refractivity contribution in [1.82, 2.24) is 10.3 Å². The van der Waals surface area contributed by atoms with Crippen LogP contribution in [0.4, 0.5) is 0 Å². The number of hydrogen-bond donors (Lipinski definition) is 2. The fraction of sp³-hybridized carbons (Fsp3) is 0.273. The maximum Gasteiger partial charge on any atom is 0.306 e. The van der Waals surface area contributed by atoms with Crippen molar-refractivity contribution >= 4 is 22.8 Å². The van der Waals surface area contributed by atoms with Crippen molar-refractivity contribution in [2.45, 2.75) is 18.9 Å². The van der Waals surface area contributed by atoms with E-state index in [1.807, 2.05) is 54.7 Å². The van der Waals surface area contributed by atoms with E-state index in [0.717, 1.165) is 16.5 Å². The Morgan fingerprint density at radius 1 is 1.10 bits per heavy atom. The van der Waals surface area contributed by atoms with Crippen molar-refractivity contribution in [3.63, 3.8) is 0 Å². The van der Waals surface area contributed by atoms with E-state index in [9.17, 15) is 9.59 Å². The number of para-hydroxylation sites is 3. The first-order valence-corrected chi connectivity index (χ1v) is 9.55. The molecule has 0 fully saturated rings. The quantitative estimate of drug-likeness (QED) is 0.601. The first-order chi connectivity index (χ1) is 14.2. The Bertz CT molecular complexity index is 1010. The normalized spacial score (nSPS) is 15.1. The van der Waals surface area contributed by atoms with Crippen molar-refractivity contribution < 1.29 is 23.8 Å². The molecule has 3 aromatic rings. The van der Waals surface area contributed by atoms with E-state index in [2.05, 4.69) is 10.3 Å². The zero-order valence-electron chi connectivity index (χ0n) is 15.9. The predicted octanol–water partition coefficient (Wildman–Crippen LogP) is 2.60. The van der Waals surface area contributed by atoms with Crippen LogP contribution < -0.4 is 14.8 Å². The highest BCUT2D eigenvalue weighted by molar-refractivity contribution is 5.84. The number of aromatic amines is 1. The Balaban J connectivity index is 1.16. The summed E-state index contributed by atoms with van der Waals surface area (Å²) in [5.74, 6) is 0.574. The highest BCUT2D eigenvalue weighted by Gasteiger charge is 2.21. The molecule has 0 radical (unpaired) electrons. The largest absolute Gasteiger partial charge is 0.486 e. The number of aromatic nitrogens is 1. The molecule has 29 heavy (non-hydrogen) atoms. The summed E-state index contributed by atoms with van der Waals surface area (Å²) in [7, 11) is 0. The van der Waals surface area contributed by atoms with Crippen LogP contribution >= 0.6 is 0 Å². The molecule has 2 aromatic carbocycles. The number of nitrogens with one attached hydrogen (secondary N) is 2. The number of esters is 1. The Hall–Kier alpha value is -3.48. The molecule has 150 valence electrons. The zero-order chi connectivity index (χ0) is 20.1. The van der Waals surface area contributed by atoms with Crippen LogP contribution in [-0.2, 0) is 20.7 Å². The van der Waals surface area contributed by atoms with E-state index < -0.39 is 5.97 Å². The lowest BCUT2D eigenvalue weighted by atomic mass is 10.1. The first kappa shape index (κ1) is 18.9. The van der Waals surface area contributed by atoms with Crippen LogP contribution in [0.1, 0.15) is 12.0 Å². The average Bonchev–Trinajstić information content (AvgIpc) is 3.18. The van der Waals surface area contributed by atoms with Gasteiger partial charge in [0.2, 0.25) is 0 Å². The molecule has 2 N–H and O–H groups in total. The summed E-state index contributed by atoms with van der Waals surface area (Å²) in [4.78, 5) is 27.1. The van der Waals surface area contributed by atoms with Crippen molar-refractivity contribution in [2.75, 3.05) is 19.8 Å². The molecule has 1 atom stereocenters. The maximum absolute atomic E-state index is 12.0. The van der Waals surface area contributed by atoms with Gasteiger partial charge in [-0.15, -0.1) is 0 Å². The van der Waals surface area contributed by atoms with Gasteiger partial charge in [-0.05, 0) is 30.2 Å². The summed E-state index contributed by atoms with van der Waals surface area (Å²) in [5, 5.41) is 3.80. The number of rotatable bonds is 7. The number of fused-ring (bicyclic) bond motifs is 2. The summed E-state index contributed by atoms with van der Waals surface area (Å²) in [6.07, 6.45) is 2.38. The van der Waals surface area contributed by atoms with Crippen molar-refractivity contribution in [2.24, 2.45) is 0 Å². The number of ether oxygens (including phenoxy) is 3. The van der Waals surface area contributed by atoms with Gasteiger partial charge >= 0.3 is 5.97 Å². The van der Waals surface area contributed by atoms with E-state index in [-0.39, 0.29) is 31.6 Å². The van der Waals surface area contributed by atoms with Crippen molar-refractivity contribution in [3.8, 4) is 11.5 Å². The summed E-state index contributed by atoms with van der Waals surface area (Å²) < 4.78 is 16.4. The molecule has 2 heterocycles. The molecular formula is C22H22N2O5. The lowest BCUT2D eigenvalue weighted by molar-refractivity contribution is -0.148. The summed E-state index contributed by atoms with van der Waals surface area (Å²) in [5.41, 5.74) is 2.09. The summed E-state index contributed by atoms with van der Waals surface area (Å²) in [6.45, 7) is 0.318. The van der Waals surface area contributed by atoms with Crippen LogP contribution in [0.25, 0.3) is 10.9 Å². The third-order valence-electron chi connectivity index (χ3n) is 4.73. The minimum absolute atomic E-state index is 0.214. The molecule has 7 nitrogen and oxygen atoms in total. The monoisotopic (exact) mass is 394 g/mol. The van der Waals surface area contributed by atoms with Crippen LogP contribution in [0.2, 0.25) is 0 Å². The molecule has 0 saturated carbocycles. The highest BCUT2D eigenvalue weighted by atomic mass is 16.6. The van der Waals surface area contributed by atoms with E-state index in [1.165, 1.54) is 0 Å². The second kappa shape index (κ2) is 8.68. The smallest absolute Gasteiger partial charge is 0.306 e. The third kappa shape index (κ3) is 4.68. The zero-order valence-corrected chi connectivity index (χ0v) is 15.9. The molecule has 0 spiro atoms. The molecule has 0 aliphatic carbocycles. The number of carbonyl (C=O) groups is 2. The molecular weight excluding hydrogens is 372 g/mol. The Morgan fingerprint density at radius 3 is 2.79 bits per heavy atom. The number of benzene rings is 2. The number of carbonyl (C=O) groups excluding carboxylic acids is 2. The number of aryl methyl sites for hydroxylation is 1. The van der Waals surface area contributed by atoms with Gasteiger partial charge < -0.3 is 24.5 Å². The lowest BCUT2D eigenvalue weighted by Crippen LogP contribution is -2.42. The van der Waals surface area contributed by atoms with Gasteiger partial charge in [0.25, 0.3) is 5.91 Å². The minimum atomic E-state index is -0.406. The SMILES string of the molecule is O=C(COC(=O)CCc1c[nH]c2ccccc12)NC[C@H]1COc2ccccc2O1. The van der Waals surface area contributed by atoms with Crippen LogP contribution in [-0.4, -0.2) is 42.7 Å². The maximum atomic E-state index is 12.0. The predicted molar refractivity (Wildman–Crippen MR) is 107 cm³/mol. The van der Waals surface area contributed by atoms with Crippen LogP contribution in [0, 0.1) is 0 Å². The standard InChI is InChI=1S/C22H22N2O5/c25-21(24-12-16-13-27-19-7-3-4-8-20(19)29-16)14-28-22(26)10-9-15-11-23-18-6-2-1-5-17(15)18/h1-8,11,16,23H,9-10,12-14H2,(H,24,25)/t16-/m0/s1. The highest BCUT2D eigenvalue weighted by Crippen LogP contribution is 2.30. The number of amides is 1. The molecule has 1 amide bonds. The van der Waals surface area contributed by atoms with Gasteiger partial charge in [0, 0.05) is 23.5 Å². The fourth-order valence-electron chi connectivity index (χ4n) is 3.24. The van der Waals surface area contributed by atoms with E-state index in [1.54, 1.807) is 0 Å². The molecule has 1 aromatic heterocycles. The molecule has 0 saturated heterocycles. The van der Waals surface area contributed by atoms with Crippen LogP contribution in [0.5, 0.6) is 11.5 Å². The van der Waals surface area contributed by atoms with Crippen molar-refractivity contribution in [1.29, 1.82) is 0 Å². The Morgan fingerprint density at radius 2 is 1.90 bits per heavy atom. The topological polar surface area (TPSA) is 89.7 Å². The second-order valence-electron chi connectivity index (χ2n) is 6.82.